The zero-order valence-corrected chi connectivity index (χ0v) is 11.7. The Morgan fingerprint density at radius 1 is 1.16 bits per heavy atom. The first kappa shape index (κ1) is 13.6. The first-order valence-corrected chi connectivity index (χ1v) is 6.47. The molecule has 0 fully saturated rings. The molecule has 0 spiro atoms. The smallest absolute Gasteiger partial charge is 0.128 e. The highest BCUT2D eigenvalue weighted by molar-refractivity contribution is 5.40. The molecule has 0 aliphatic rings. The van der Waals surface area contributed by atoms with Crippen LogP contribution in [0, 0.1) is 6.92 Å². The number of aryl methyl sites for hydroxylation is 1. The third-order valence-electron chi connectivity index (χ3n) is 3.18. The fraction of sp³-hybridized carbons (Fsp3) is 0.312. The molecule has 1 aromatic carbocycles. The number of aromatic nitrogens is 1. The van der Waals surface area contributed by atoms with Crippen molar-refractivity contribution in [3.8, 4) is 0 Å². The highest BCUT2D eigenvalue weighted by Gasteiger charge is 2.05. The summed E-state index contributed by atoms with van der Waals surface area (Å²) in [6.07, 6.45) is 1.26. The maximum atomic E-state index is 9.46. The van der Waals surface area contributed by atoms with Crippen molar-refractivity contribution in [2.24, 2.45) is 0 Å². The predicted molar refractivity (Wildman–Crippen MR) is 78.2 cm³/mol. The molecule has 3 heteroatoms. The van der Waals surface area contributed by atoms with Crippen LogP contribution in [-0.2, 0) is 6.54 Å². The number of hydrogen-bond donors (Lipinski definition) is 1. The lowest BCUT2D eigenvalue weighted by molar-refractivity contribution is 0.199. The number of aliphatic hydroxyl groups is 1. The molecule has 0 aliphatic carbocycles. The molecule has 1 heterocycles. The summed E-state index contributed by atoms with van der Waals surface area (Å²) in [6.45, 7) is 4.65. The Morgan fingerprint density at radius 2 is 1.84 bits per heavy atom. The molecule has 19 heavy (non-hydrogen) atoms. The van der Waals surface area contributed by atoms with Gasteiger partial charge in [0.1, 0.15) is 5.82 Å². The second-order valence-corrected chi connectivity index (χ2v) is 4.97. The zero-order chi connectivity index (χ0) is 13.8. The number of aliphatic hydroxyl groups excluding tert-OH is 1. The van der Waals surface area contributed by atoms with Gasteiger partial charge in [0.2, 0.25) is 0 Å². The molecule has 2 rings (SSSR count). The van der Waals surface area contributed by atoms with Crippen molar-refractivity contribution in [1.82, 2.24) is 4.98 Å². The van der Waals surface area contributed by atoms with Crippen LogP contribution in [0.4, 0.5) is 5.82 Å². The normalized spacial score (nSPS) is 12.2. The molecule has 1 atom stereocenters. The van der Waals surface area contributed by atoms with Crippen LogP contribution in [0.2, 0.25) is 0 Å². The van der Waals surface area contributed by atoms with E-state index in [1.54, 1.807) is 13.1 Å². The number of nitrogens with zero attached hydrogens (tertiary/aromatic N) is 2. The van der Waals surface area contributed by atoms with Gasteiger partial charge in [-0.05, 0) is 31.0 Å². The van der Waals surface area contributed by atoms with Crippen molar-refractivity contribution in [3.05, 3.63) is 59.3 Å². The van der Waals surface area contributed by atoms with Crippen LogP contribution in [-0.4, -0.2) is 17.1 Å². The van der Waals surface area contributed by atoms with Gasteiger partial charge in [-0.1, -0.05) is 35.9 Å². The van der Waals surface area contributed by atoms with Gasteiger partial charge in [0, 0.05) is 19.8 Å². The van der Waals surface area contributed by atoms with Crippen molar-refractivity contribution < 1.29 is 5.11 Å². The quantitative estimate of drug-likeness (QED) is 0.913. The Labute approximate surface area is 114 Å². The van der Waals surface area contributed by atoms with Crippen molar-refractivity contribution >= 4 is 5.82 Å². The van der Waals surface area contributed by atoms with E-state index in [2.05, 4.69) is 41.1 Å². The molecular weight excluding hydrogens is 236 g/mol. The lowest BCUT2D eigenvalue weighted by atomic mass is 10.1. The lowest BCUT2D eigenvalue weighted by Gasteiger charge is -2.19. The average Bonchev–Trinajstić information content (AvgIpc) is 2.41. The zero-order valence-electron chi connectivity index (χ0n) is 11.7. The molecule has 1 N–H and O–H groups in total. The molecule has 0 amide bonds. The van der Waals surface area contributed by atoms with Crippen LogP contribution in [0.1, 0.15) is 29.7 Å². The summed E-state index contributed by atoms with van der Waals surface area (Å²) in [6, 6.07) is 12.4. The highest BCUT2D eigenvalue weighted by atomic mass is 16.3. The Bertz CT molecular complexity index is 517. The number of anilines is 1. The summed E-state index contributed by atoms with van der Waals surface area (Å²) in [5.74, 6) is 0.907. The molecule has 0 aliphatic heterocycles. The van der Waals surface area contributed by atoms with Crippen molar-refractivity contribution in [2.75, 3.05) is 11.9 Å². The first-order chi connectivity index (χ1) is 9.06. The summed E-state index contributed by atoms with van der Waals surface area (Å²) < 4.78 is 0. The summed E-state index contributed by atoms with van der Waals surface area (Å²) in [7, 11) is 2.02. The number of benzene rings is 1. The fourth-order valence-electron chi connectivity index (χ4n) is 1.92. The minimum Gasteiger partial charge on any atom is -0.389 e. The molecule has 0 unspecified atom stereocenters. The molecule has 1 aromatic heterocycles. The third-order valence-corrected chi connectivity index (χ3v) is 3.18. The molecule has 100 valence electrons. The van der Waals surface area contributed by atoms with Crippen LogP contribution in [0.25, 0.3) is 0 Å². The third kappa shape index (κ3) is 3.55. The minimum absolute atomic E-state index is 0.469. The van der Waals surface area contributed by atoms with E-state index in [1.807, 2.05) is 19.2 Å². The fourth-order valence-corrected chi connectivity index (χ4v) is 1.92. The van der Waals surface area contributed by atoms with Gasteiger partial charge in [-0.3, -0.25) is 0 Å². The second-order valence-electron chi connectivity index (χ2n) is 4.97. The monoisotopic (exact) mass is 256 g/mol. The second kappa shape index (κ2) is 5.85. The maximum Gasteiger partial charge on any atom is 0.128 e. The van der Waals surface area contributed by atoms with Crippen LogP contribution < -0.4 is 4.90 Å². The summed E-state index contributed by atoms with van der Waals surface area (Å²) in [5.41, 5.74) is 3.37. The molecule has 0 radical (unpaired) electrons. The van der Waals surface area contributed by atoms with Crippen LogP contribution in [0.3, 0.4) is 0 Å². The topological polar surface area (TPSA) is 36.4 Å². The highest BCUT2D eigenvalue weighted by Crippen LogP contribution is 2.16. The number of hydrogen-bond acceptors (Lipinski definition) is 3. The molecule has 3 nitrogen and oxygen atoms in total. The molecule has 0 saturated heterocycles. The Balaban J connectivity index is 2.07. The molecular formula is C16H20N2O. The minimum atomic E-state index is -0.469. The number of pyridine rings is 1. The summed E-state index contributed by atoms with van der Waals surface area (Å²) in [5, 5.41) is 9.46. The van der Waals surface area contributed by atoms with E-state index in [-0.39, 0.29) is 0 Å². The lowest BCUT2D eigenvalue weighted by Crippen LogP contribution is -2.17. The van der Waals surface area contributed by atoms with Gasteiger partial charge in [0.15, 0.2) is 0 Å². The van der Waals surface area contributed by atoms with Gasteiger partial charge in [0.05, 0.1) is 6.10 Å². The van der Waals surface area contributed by atoms with Crippen molar-refractivity contribution in [1.29, 1.82) is 0 Å². The molecule has 0 saturated carbocycles. The van der Waals surface area contributed by atoms with Gasteiger partial charge in [0.25, 0.3) is 0 Å². The Hall–Kier alpha value is -1.87. The Morgan fingerprint density at radius 3 is 2.37 bits per heavy atom. The van der Waals surface area contributed by atoms with E-state index in [0.29, 0.717) is 0 Å². The summed E-state index contributed by atoms with van der Waals surface area (Å²) in [4.78, 5) is 6.47. The van der Waals surface area contributed by atoms with E-state index in [0.717, 1.165) is 17.9 Å². The molecule has 2 aromatic rings. The van der Waals surface area contributed by atoms with Crippen LogP contribution in [0.15, 0.2) is 42.6 Å². The Kier molecular flexibility index (Phi) is 4.17. The standard InChI is InChI=1S/C16H20N2O/c1-12-4-6-14(7-5-12)11-18(3)16-9-8-15(10-17-16)13(2)19/h4-10,13,19H,11H2,1-3H3/t13-/m0/s1. The van der Waals surface area contributed by atoms with Gasteiger partial charge >= 0.3 is 0 Å². The van der Waals surface area contributed by atoms with Gasteiger partial charge in [-0.15, -0.1) is 0 Å². The van der Waals surface area contributed by atoms with Crippen LogP contribution >= 0.6 is 0 Å². The van der Waals surface area contributed by atoms with E-state index in [1.165, 1.54) is 11.1 Å². The first-order valence-electron chi connectivity index (χ1n) is 6.47. The van der Waals surface area contributed by atoms with E-state index in [4.69, 9.17) is 0 Å². The van der Waals surface area contributed by atoms with Crippen LogP contribution in [0.5, 0.6) is 0 Å². The van der Waals surface area contributed by atoms with E-state index >= 15 is 0 Å². The number of rotatable bonds is 4. The SMILES string of the molecule is Cc1ccc(CN(C)c2ccc([C@H](C)O)cn2)cc1. The van der Waals surface area contributed by atoms with E-state index in [9.17, 15) is 5.11 Å². The largest absolute Gasteiger partial charge is 0.389 e. The predicted octanol–water partition coefficient (Wildman–Crippen LogP) is 3.08. The van der Waals surface area contributed by atoms with Gasteiger partial charge < -0.3 is 10.0 Å². The van der Waals surface area contributed by atoms with E-state index < -0.39 is 6.10 Å². The average molecular weight is 256 g/mol. The van der Waals surface area contributed by atoms with Crippen molar-refractivity contribution in [3.63, 3.8) is 0 Å². The maximum absolute atomic E-state index is 9.46. The molecule has 0 bridgehead atoms. The van der Waals surface area contributed by atoms with Gasteiger partial charge in [-0.25, -0.2) is 4.98 Å². The summed E-state index contributed by atoms with van der Waals surface area (Å²) >= 11 is 0. The van der Waals surface area contributed by atoms with Crippen molar-refractivity contribution in [2.45, 2.75) is 26.5 Å². The van der Waals surface area contributed by atoms with Gasteiger partial charge in [-0.2, -0.15) is 0 Å².